The minimum absolute atomic E-state index is 0.109. The molecule has 0 fully saturated rings. The number of nitro benzene ring substituents is 1. The predicted molar refractivity (Wildman–Crippen MR) is 169 cm³/mol. The summed E-state index contributed by atoms with van der Waals surface area (Å²) in [6.07, 6.45) is 1.32. The van der Waals surface area contributed by atoms with Crippen molar-refractivity contribution in [1.29, 1.82) is 0 Å². The Labute approximate surface area is 264 Å². The van der Waals surface area contributed by atoms with Crippen LogP contribution in [-0.2, 0) is 0 Å². The Kier molecular flexibility index (Phi) is 8.74. The molecule has 2 N–H and O–H groups in total. The summed E-state index contributed by atoms with van der Waals surface area (Å²) in [7, 11) is 0. The number of hydrazone groups is 1. The lowest BCUT2D eigenvalue weighted by atomic mass is 10.0. The Balaban J connectivity index is 1.44. The third-order valence-corrected chi connectivity index (χ3v) is 7.58. The van der Waals surface area contributed by atoms with Gasteiger partial charge in [-0.3, -0.25) is 14.9 Å². The summed E-state index contributed by atoms with van der Waals surface area (Å²) in [6, 6.07) is 20.9. The first-order chi connectivity index (χ1) is 20.1. The van der Waals surface area contributed by atoms with Crippen LogP contribution in [0.5, 0.6) is 5.75 Å². The molecule has 210 valence electrons. The summed E-state index contributed by atoms with van der Waals surface area (Å²) in [4.78, 5) is 39.6. The third-order valence-electron chi connectivity index (χ3n) is 6.02. The van der Waals surface area contributed by atoms with Gasteiger partial charge in [0.05, 0.1) is 26.2 Å². The van der Waals surface area contributed by atoms with Crippen LogP contribution in [0.25, 0.3) is 22.0 Å². The van der Waals surface area contributed by atoms with Crippen molar-refractivity contribution in [2.24, 2.45) is 5.10 Å². The maximum absolute atomic E-state index is 13.4. The van der Waals surface area contributed by atoms with E-state index in [-0.39, 0.29) is 22.7 Å². The van der Waals surface area contributed by atoms with Gasteiger partial charge in [0.2, 0.25) is 0 Å². The molecule has 0 saturated carbocycles. The lowest BCUT2D eigenvalue weighted by molar-refractivity contribution is -0.384. The van der Waals surface area contributed by atoms with Crippen LogP contribution in [0.4, 0.5) is 5.69 Å². The number of amides is 1. The first kappa shape index (κ1) is 29.5. The second-order valence-electron chi connectivity index (χ2n) is 8.75. The minimum atomic E-state index is -0.743. The van der Waals surface area contributed by atoms with Gasteiger partial charge in [-0.05, 0) is 57.9 Å². The number of esters is 1. The standard InChI is InChI=1S/C29H16Br2Cl2N4O5/c30-18-10-17(27(21(31)11-18)42-29(39)16-6-8-20(9-7-16)37(40)41)14-34-36-28(38)26-24(15-4-2-1-3-5-15)25-22(33)12-19(32)13-23(25)35-26/h1-14,35H,(H,36,38). The fourth-order valence-electron chi connectivity index (χ4n) is 4.18. The number of aromatic amines is 1. The highest BCUT2D eigenvalue weighted by atomic mass is 79.9. The molecule has 1 heterocycles. The van der Waals surface area contributed by atoms with Gasteiger partial charge < -0.3 is 9.72 Å². The van der Waals surface area contributed by atoms with Crippen molar-refractivity contribution >= 4 is 89.7 Å². The lowest BCUT2D eigenvalue weighted by Crippen LogP contribution is -2.19. The second-order valence-corrected chi connectivity index (χ2v) is 11.4. The average Bonchev–Trinajstić information content (AvgIpc) is 3.35. The van der Waals surface area contributed by atoms with Crippen molar-refractivity contribution in [2.45, 2.75) is 0 Å². The number of rotatable bonds is 7. The van der Waals surface area contributed by atoms with Gasteiger partial charge in [-0.2, -0.15) is 5.10 Å². The fourth-order valence-corrected chi connectivity index (χ4v) is 6.11. The van der Waals surface area contributed by atoms with Gasteiger partial charge in [0.15, 0.2) is 5.75 Å². The Morgan fingerprint density at radius 3 is 2.40 bits per heavy atom. The first-order valence-corrected chi connectivity index (χ1v) is 14.3. The maximum Gasteiger partial charge on any atom is 0.343 e. The van der Waals surface area contributed by atoms with Crippen LogP contribution in [0.2, 0.25) is 10.0 Å². The van der Waals surface area contributed by atoms with Crippen molar-refractivity contribution < 1.29 is 19.2 Å². The van der Waals surface area contributed by atoms with E-state index in [1.54, 1.807) is 24.3 Å². The summed E-state index contributed by atoms with van der Waals surface area (Å²) >= 11 is 19.5. The number of aromatic nitrogens is 1. The largest absolute Gasteiger partial charge is 0.421 e. The summed E-state index contributed by atoms with van der Waals surface area (Å²) in [5, 5.41) is 16.5. The van der Waals surface area contributed by atoms with Crippen LogP contribution in [-0.4, -0.2) is 28.0 Å². The zero-order chi connectivity index (χ0) is 30.0. The fraction of sp³-hybridized carbons (Fsp3) is 0. The molecule has 0 atom stereocenters. The van der Waals surface area contributed by atoms with Crippen molar-refractivity contribution in [3.8, 4) is 16.9 Å². The highest BCUT2D eigenvalue weighted by Crippen LogP contribution is 2.38. The molecule has 9 nitrogen and oxygen atoms in total. The molecule has 4 aromatic carbocycles. The highest BCUT2D eigenvalue weighted by molar-refractivity contribution is 9.11. The van der Waals surface area contributed by atoms with Crippen LogP contribution in [0.3, 0.4) is 0 Å². The number of carbonyl (C=O) groups is 2. The van der Waals surface area contributed by atoms with Gasteiger partial charge >= 0.3 is 5.97 Å². The number of nitrogens with zero attached hydrogens (tertiary/aromatic N) is 2. The zero-order valence-electron chi connectivity index (χ0n) is 21.0. The number of nitro groups is 1. The van der Waals surface area contributed by atoms with Crippen LogP contribution >= 0.6 is 55.1 Å². The van der Waals surface area contributed by atoms with E-state index in [0.717, 1.165) is 5.56 Å². The van der Waals surface area contributed by atoms with Crippen LogP contribution in [0.15, 0.2) is 92.9 Å². The number of carbonyl (C=O) groups excluding carboxylic acids is 2. The average molecular weight is 731 g/mol. The zero-order valence-corrected chi connectivity index (χ0v) is 25.7. The quantitative estimate of drug-likeness (QED) is 0.0571. The van der Waals surface area contributed by atoms with Gasteiger partial charge in [0, 0.05) is 43.7 Å². The number of hydrogen-bond acceptors (Lipinski definition) is 6. The van der Waals surface area contributed by atoms with Crippen molar-refractivity contribution in [3.63, 3.8) is 0 Å². The molecular weight excluding hydrogens is 715 g/mol. The second kappa shape index (κ2) is 12.5. The smallest absolute Gasteiger partial charge is 0.343 e. The highest BCUT2D eigenvalue weighted by Gasteiger charge is 2.22. The van der Waals surface area contributed by atoms with Gasteiger partial charge in [-0.1, -0.05) is 69.5 Å². The lowest BCUT2D eigenvalue weighted by Gasteiger charge is -2.10. The number of ether oxygens (including phenoxy) is 1. The number of H-pyrrole nitrogens is 1. The molecule has 1 amide bonds. The molecule has 1 aromatic heterocycles. The van der Waals surface area contributed by atoms with Crippen molar-refractivity contribution in [3.05, 3.63) is 125 Å². The molecule has 0 radical (unpaired) electrons. The monoisotopic (exact) mass is 728 g/mol. The van der Waals surface area contributed by atoms with Crippen LogP contribution in [0.1, 0.15) is 26.4 Å². The van der Waals surface area contributed by atoms with E-state index < -0.39 is 16.8 Å². The number of hydrogen-bond donors (Lipinski definition) is 2. The summed E-state index contributed by atoms with van der Waals surface area (Å²) in [6.45, 7) is 0. The molecule has 0 aliphatic rings. The first-order valence-electron chi connectivity index (χ1n) is 12.0. The van der Waals surface area contributed by atoms with E-state index in [4.69, 9.17) is 27.9 Å². The van der Waals surface area contributed by atoms with Gasteiger partial charge in [-0.15, -0.1) is 0 Å². The summed E-state index contributed by atoms with van der Waals surface area (Å²) < 4.78 is 6.66. The van der Waals surface area contributed by atoms with Gasteiger partial charge in [0.1, 0.15) is 5.69 Å². The number of non-ortho nitro benzene ring substituents is 1. The molecule has 0 spiro atoms. The third kappa shape index (κ3) is 6.24. The molecule has 0 aliphatic carbocycles. The molecule has 13 heteroatoms. The van der Waals surface area contributed by atoms with E-state index >= 15 is 0 Å². The molecule has 0 unspecified atom stereocenters. The van der Waals surface area contributed by atoms with E-state index in [1.165, 1.54) is 30.5 Å². The van der Waals surface area contributed by atoms with E-state index in [9.17, 15) is 19.7 Å². The number of nitrogens with one attached hydrogen (secondary N) is 2. The van der Waals surface area contributed by atoms with Crippen LogP contribution < -0.4 is 10.2 Å². The van der Waals surface area contributed by atoms with Crippen LogP contribution in [0, 0.1) is 10.1 Å². The van der Waals surface area contributed by atoms with E-state index in [1.807, 2.05) is 30.3 Å². The van der Waals surface area contributed by atoms with Crippen molar-refractivity contribution in [2.75, 3.05) is 0 Å². The summed E-state index contributed by atoms with van der Waals surface area (Å²) in [5.41, 5.74) is 4.96. The topological polar surface area (TPSA) is 127 Å². The molecule has 42 heavy (non-hydrogen) atoms. The molecule has 5 aromatic rings. The number of benzene rings is 4. The van der Waals surface area contributed by atoms with E-state index in [2.05, 4.69) is 47.4 Å². The molecule has 0 aliphatic heterocycles. The number of fused-ring (bicyclic) bond motifs is 1. The Morgan fingerprint density at radius 1 is 1.00 bits per heavy atom. The predicted octanol–water partition coefficient (Wildman–Crippen LogP) is 8.56. The van der Waals surface area contributed by atoms with E-state index in [0.29, 0.717) is 41.0 Å². The maximum atomic E-state index is 13.4. The Bertz CT molecular complexity index is 1890. The SMILES string of the molecule is O=C(Oc1c(Br)cc(Br)cc1C=NNC(=O)c1[nH]c2cc(Cl)cc(Cl)c2c1-c1ccccc1)c1ccc([N+](=O)[O-])cc1. The minimum Gasteiger partial charge on any atom is -0.421 e. The molecule has 0 saturated heterocycles. The molecule has 0 bridgehead atoms. The number of halogens is 4. The molecular formula is C29H16Br2Cl2N4O5. The van der Waals surface area contributed by atoms with Gasteiger partial charge in [0.25, 0.3) is 11.6 Å². The summed E-state index contributed by atoms with van der Waals surface area (Å²) in [5.74, 6) is -1.17. The molecule has 5 rings (SSSR count). The van der Waals surface area contributed by atoms with Gasteiger partial charge in [-0.25, -0.2) is 10.2 Å². The Morgan fingerprint density at radius 2 is 1.71 bits per heavy atom. The normalized spacial score (nSPS) is 11.1. The van der Waals surface area contributed by atoms with Crippen molar-refractivity contribution in [1.82, 2.24) is 10.4 Å². The Hall–Kier alpha value is -4.03.